The second kappa shape index (κ2) is 6.36. The van der Waals surface area contributed by atoms with Crippen molar-refractivity contribution in [3.63, 3.8) is 0 Å². The molecule has 1 aliphatic rings. The SMILES string of the molecule is Cc1ccc(-c2ccc(N3CCC[C@@H](C(=O)O)C3)nn2)cc1C. The third-order valence-electron chi connectivity index (χ3n) is 4.55. The van der Waals surface area contributed by atoms with Crippen LogP contribution < -0.4 is 4.90 Å². The number of aromatic nitrogens is 2. The van der Waals surface area contributed by atoms with E-state index < -0.39 is 5.97 Å². The maximum atomic E-state index is 11.2. The van der Waals surface area contributed by atoms with E-state index >= 15 is 0 Å². The minimum atomic E-state index is -0.727. The molecule has 0 spiro atoms. The van der Waals surface area contributed by atoms with Crippen LogP contribution in [0.5, 0.6) is 0 Å². The molecule has 1 fully saturated rings. The molecule has 2 aromatic rings. The van der Waals surface area contributed by atoms with Crippen LogP contribution in [0.1, 0.15) is 24.0 Å². The number of nitrogens with zero attached hydrogens (tertiary/aromatic N) is 3. The van der Waals surface area contributed by atoms with Crippen LogP contribution in [0.4, 0.5) is 5.82 Å². The summed E-state index contributed by atoms with van der Waals surface area (Å²) in [6, 6.07) is 10.1. The highest BCUT2D eigenvalue weighted by Gasteiger charge is 2.26. The molecular formula is C18H21N3O2. The largest absolute Gasteiger partial charge is 0.481 e. The number of benzene rings is 1. The number of aryl methyl sites for hydroxylation is 2. The zero-order valence-corrected chi connectivity index (χ0v) is 13.5. The predicted molar refractivity (Wildman–Crippen MR) is 89.5 cm³/mol. The summed E-state index contributed by atoms with van der Waals surface area (Å²) in [4.78, 5) is 13.2. The molecule has 1 aromatic carbocycles. The molecule has 0 aliphatic carbocycles. The van der Waals surface area contributed by atoms with Gasteiger partial charge in [-0.1, -0.05) is 12.1 Å². The van der Waals surface area contributed by atoms with E-state index in [4.69, 9.17) is 0 Å². The van der Waals surface area contributed by atoms with E-state index in [0.717, 1.165) is 36.5 Å². The summed E-state index contributed by atoms with van der Waals surface area (Å²) in [5, 5.41) is 17.8. The van der Waals surface area contributed by atoms with Gasteiger partial charge in [0.1, 0.15) is 0 Å². The van der Waals surface area contributed by atoms with Gasteiger partial charge in [0.25, 0.3) is 0 Å². The van der Waals surface area contributed by atoms with Crippen LogP contribution in [0.15, 0.2) is 30.3 Å². The molecule has 0 radical (unpaired) electrons. The molecule has 1 aromatic heterocycles. The molecule has 0 saturated carbocycles. The second-order valence-corrected chi connectivity index (χ2v) is 6.20. The van der Waals surface area contributed by atoms with Crippen molar-refractivity contribution in [3.05, 3.63) is 41.5 Å². The van der Waals surface area contributed by atoms with Crippen LogP contribution in [-0.2, 0) is 4.79 Å². The minimum Gasteiger partial charge on any atom is -0.481 e. The van der Waals surface area contributed by atoms with Gasteiger partial charge < -0.3 is 10.0 Å². The number of piperidine rings is 1. The highest BCUT2D eigenvalue weighted by Crippen LogP contribution is 2.24. The first-order valence-electron chi connectivity index (χ1n) is 7.93. The molecule has 5 heteroatoms. The number of carbonyl (C=O) groups is 1. The maximum Gasteiger partial charge on any atom is 0.308 e. The molecule has 2 heterocycles. The van der Waals surface area contributed by atoms with Crippen LogP contribution in [-0.4, -0.2) is 34.4 Å². The molecule has 1 aliphatic heterocycles. The van der Waals surface area contributed by atoms with Crippen molar-refractivity contribution in [2.45, 2.75) is 26.7 Å². The van der Waals surface area contributed by atoms with Gasteiger partial charge in [-0.2, -0.15) is 0 Å². The molecule has 1 saturated heterocycles. The van der Waals surface area contributed by atoms with E-state index in [1.165, 1.54) is 11.1 Å². The Labute approximate surface area is 136 Å². The first kappa shape index (κ1) is 15.5. The van der Waals surface area contributed by atoms with Crippen LogP contribution in [0.3, 0.4) is 0 Å². The van der Waals surface area contributed by atoms with Gasteiger partial charge in [-0.3, -0.25) is 4.79 Å². The van der Waals surface area contributed by atoms with Gasteiger partial charge in [-0.15, -0.1) is 10.2 Å². The fraction of sp³-hybridized carbons (Fsp3) is 0.389. The first-order valence-corrected chi connectivity index (χ1v) is 7.93. The third kappa shape index (κ3) is 3.33. The van der Waals surface area contributed by atoms with Crippen molar-refractivity contribution in [2.24, 2.45) is 5.92 Å². The van der Waals surface area contributed by atoms with Gasteiger partial charge in [0.2, 0.25) is 0 Å². The van der Waals surface area contributed by atoms with Crippen LogP contribution in [0.25, 0.3) is 11.3 Å². The van der Waals surface area contributed by atoms with E-state index in [1.807, 2.05) is 23.1 Å². The monoisotopic (exact) mass is 311 g/mol. The summed E-state index contributed by atoms with van der Waals surface area (Å²) in [7, 11) is 0. The van der Waals surface area contributed by atoms with Gasteiger partial charge in [0, 0.05) is 18.7 Å². The van der Waals surface area contributed by atoms with Gasteiger partial charge in [0.05, 0.1) is 11.6 Å². The molecule has 120 valence electrons. The molecule has 5 nitrogen and oxygen atoms in total. The number of rotatable bonds is 3. The van der Waals surface area contributed by atoms with Gasteiger partial charge >= 0.3 is 5.97 Å². The number of hydrogen-bond donors (Lipinski definition) is 1. The predicted octanol–water partition coefficient (Wildman–Crippen LogP) is 3.06. The summed E-state index contributed by atoms with van der Waals surface area (Å²) in [6.07, 6.45) is 1.61. The Hall–Kier alpha value is -2.43. The number of carboxylic acids is 1. The lowest BCUT2D eigenvalue weighted by Crippen LogP contribution is -2.39. The normalized spacial score (nSPS) is 18.0. The van der Waals surface area contributed by atoms with Gasteiger partial charge in [-0.25, -0.2) is 0 Å². The molecular weight excluding hydrogens is 290 g/mol. The van der Waals surface area contributed by atoms with Gasteiger partial charge in [-0.05, 0) is 56.0 Å². The van der Waals surface area contributed by atoms with E-state index in [1.54, 1.807) is 0 Å². The fourth-order valence-corrected chi connectivity index (χ4v) is 2.94. The van der Waals surface area contributed by atoms with E-state index in [2.05, 4.69) is 36.2 Å². The molecule has 1 N–H and O–H groups in total. The molecule has 0 bridgehead atoms. The average Bonchev–Trinajstić information content (AvgIpc) is 2.57. The lowest BCUT2D eigenvalue weighted by atomic mass is 9.98. The summed E-state index contributed by atoms with van der Waals surface area (Å²) >= 11 is 0. The molecule has 0 unspecified atom stereocenters. The van der Waals surface area contributed by atoms with Crippen molar-refractivity contribution < 1.29 is 9.90 Å². The molecule has 0 amide bonds. The molecule has 1 atom stereocenters. The fourth-order valence-electron chi connectivity index (χ4n) is 2.94. The van der Waals surface area contributed by atoms with Crippen molar-refractivity contribution in [2.75, 3.05) is 18.0 Å². The highest BCUT2D eigenvalue weighted by molar-refractivity contribution is 5.71. The third-order valence-corrected chi connectivity index (χ3v) is 4.55. The standard InChI is InChI=1S/C18H21N3O2/c1-12-5-6-14(10-13(12)2)16-7-8-17(20-19-16)21-9-3-4-15(11-21)18(22)23/h5-8,10,15H,3-4,9,11H2,1-2H3,(H,22,23)/t15-/m1/s1. The van der Waals surface area contributed by atoms with E-state index in [-0.39, 0.29) is 5.92 Å². The first-order chi connectivity index (χ1) is 11.0. The number of aliphatic carboxylic acids is 1. The smallest absolute Gasteiger partial charge is 0.308 e. The Morgan fingerprint density at radius 1 is 1.17 bits per heavy atom. The van der Waals surface area contributed by atoms with Crippen LogP contribution >= 0.6 is 0 Å². The zero-order valence-electron chi connectivity index (χ0n) is 13.5. The summed E-state index contributed by atoms with van der Waals surface area (Å²) in [5.41, 5.74) is 4.37. The number of carboxylic acid groups (broad SMARTS) is 1. The quantitative estimate of drug-likeness (QED) is 0.943. The number of anilines is 1. The summed E-state index contributed by atoms with van der Waals surface area (Å²) in [6.45, 7) is 5.51. The topological polar surface area (TPSA) is 66.3 Å². The maximum absolute atomic E-state index is 11.2. The summed E-state index contributed by atoms with van der Waals surface area (Å²) in [5.74, 6) is -0.289. The molecule has 23 heavy (non-hydrogen) atoms. The Kier molecular flexibility index (Phi) is 4.28. The minimum absolute atomic E-state index is 0.315. The lowest BCUT2D eigenvalue weighted by Gasteiger charge is -2.31. The lowest BCUT2D eigenvalue weighted by molar-refractivity contribution is -0.141. The second-order valence-electron chi connectivity index (χ2n) is 6.20. The van der Waals surface area contributed by atoms with Crippen LogP contribution in [0, 0.1) is 19.8 Å². The van der Waals surface area contributed by atoms with Crippen molar-refractivity contribution in [1.29, 1.82) is 0 Å². The van der Waals surface area contributed by atoms with Gasteiger partial charge in [0.15, 0.2) is 5.82 Å². The zero-order chi connectivity index (χ0) is 16.4. The average molecular weight is 311 g/mol. The Morgan fingerprint density at radius 2 is 2.00 bits per heavy atom. The molecule has 3 rings (SSSR count). The Balaban J connectivity index is 1.79. The Bertz CT molecular complexity index is 713. The summed E-state index contributed by atoms with van der Waals surface area (Å²) < 4.78 is 0. The van der Waals surface area contributed by atoms with E-state index in [0.29, 0.717) is 6.54 Å². The Morgan fingerprint density at radius 3 is 2.65 bits per heavy atom. The number of hydrogen-bond acceptors (Lipinski definition) is 4. The van der Waals surface area contributed by atoms with Crippen molar-refractivity contribution in [1.82, 2.24) is 10.2 Å². The van der Waals surface area contributed by atoms with Crippen LogP contribution in [0.2, 0.25) is 0 Å². The van der Waals surface area contributed by atoms with E-state index in [9.17, 15) is 9.90 Å². The van der Waals surface area contributed by atoms with Crippen molar-refractivity contribution >= 4 is 11.8 Å². The highest BCUT2D eigenvalue weighted by atomic mass is 16.4. The van der Waals surface area contributed by atoms with Crippen molar-refractivity contribution in [3.8, 4) is 11.3 Å².